The summed E-state index contributed by atoms with van der Waals surface area (Å²) in [6.45, 7) is 0. The molecule has 5 heteroatoms. The first-order valence-electron chi connectivity index (χ1n) is 2.72. The van der Waals surface area contributed by atoms with Crippen LogP contribution in [-0.2, 0) is 0 Å². The molecular weight excluding hydrogens is 155 g/mol. The van der Waals surface area contributed by atoms with Gasteiger partial charge < -0.3 is 0 Å². The predicted molar refractivity (Wildman–Crippen MR) is 26.1 cm³/mol. The molecule has 0 saturated heterocycles. The zero-order chi connectivity index (χ0) is 8.15. The Morgan fingerprint density at radius 1 is 0.700 bits per heavy atom. The van der Waals surface area contributed by atoms with Crippen molar-refractivity contribution in [2.75, 3.05) is 0 Å². The Hall–Kier alpha value is -0.350. The summed E-state index contributed by atoms with van der Waals surface area (Å²) in [4.78, 5) is 0. The van der Waals surface area contributed by atoms with E-state index in [2.05, 4.69) is 0 Å². The molecule has 0 spiro atoms. The van der Waals surface area contributed by atoms with Gasteiger partial charge in [0, 0.05) is 12.8 Å². The van der Waals surface area contributed by atoms with Crippen LogP contribution in [0.1, 0.15) is 12.8 Å². The predicted octanol–water partition coefficient (Wildman–Crippen LogP) is 2.63. The van der Waals surface area contributed by atoms with Crippen LogP contribution in [0.3, 0.4) is 0 Å². The Morgan fingerprint density at radius 2 is 1.00 bits per heavy atom. The van der Waals surface area contributed by atoms with E-state index in [9.17, 15) is 22.0 Å². The molecule has 0 radical (unpaired) electrons. The molecule has 0 amide bonds. The van der Waals surface area contributed by atoms with Crippen LogP contribution < -0.4 is 0 Å². The summed E-state index contributed by atoms with van der Waals surface area (Å²) < 4.78 is 56.9. The lowest BCUT2D eigenvalue weighted by atomic mass is 10.2. The lowest BCUT2D eigenvalue weighted by Gasteiger charge is -2.04. The lowest BCUT2D eigenvalue weighted by Crippen LogP contribution is -2.10. The molecule has 0 nitrogen and oxygen atoms in total. The molecule has 62 valence electrons. The molecule has 0 rings (SSSR count). The van der Waals surface area contributed by atoms with Gasteiger partial charge in [-0.15, -0.1) is 0 Å². The molecule has 0 fully saturated rings. The van der Waals surface area contributed by atoms with Crippen LogP contribution in [0.4, 0.5) is 22.0 Å². The van der Waals surface area contributed by atoms with Crippen LogP contribution in [0.15, 0.2) is 0 Å². The van der Waals surface area contributed by atoms with Gasteiger partial charge in [0.1, 0.15) is 6.17 Å². The summed E-state index contributed by atoms with van der Waals surface area (Å²) in [6.07, 6.45) is -9.95. The van der Waals surface area contributed by atoms with Crippen molar-refractivity contribution in [2.24, 2.45) is 0 Å². The van der Waals surface area contributed by atoms with Gasteiger partial charge in [0.2, 0.25) is 12.9 Å². The summed E-state index contributed by atoms with van der Waals surface area (Å²) in [6, 6.07) is 0. The molecule has 0 aromatic heterocycles. The second kappa shape index (κ2) is 4.46. The van der Waals surface area contributed by atoms with E-state index in [1.54, 1.807) is 0 Å². The topological polar surface area (TPSA) is 0 Å². The molecule has 0 aliphatic rings. The van der Waals surface area contributed by atoms with Crippen molar-refractivity contribution >= 4 is 0 Å². The Bertz CT molecular complexity index is 72.1. The monoisotopic (exact) mass is 162 g/mol. The van der Waals surface area contributed by atoms with Crippen LogP contribution in [0, 0.1) is 0 Å². The summed E-state index contributed by atoms with van der Waals surface area (Å²) >= 11 is 0. The van der Waals surface area contributed by atoms with Gasteiger partial charge in [-0.25, -0.2) is 22.0 Å². The lowest BCUT2D eigenvalue weighted by molar-refractivity contribution is 0.0574. The second-order valence-electron chi connectivity index (χ2n) is 1.85. The van der Waals surface area contributed by atoms with E-state index in [-0.39, 0.29) is 0 Å². The molecule has 0 bridgehead atoms. The van der Waals surface area contributed by atoms with Crippen LogP contribution in [0.2, 0.25) is 0 Å². The maximum absolute atomic E-state index is 11.9. The van der Waals surface area contributed by atoms with Crippen molar-refractivity contribution in [2.45, 2.75) is 31.9 Å². The van der Waals surface area contributed by atoms with Crippen molar-refractivity contribution in [3.8, 4) is 0 Å². The van der Waals surface area contributed by atoms with E-state index >= 15 is 0 Å². The SMILES string of the molecule is FC(F)CC(F)CC(F)F. The van der Waals surface area contributed by atoms with Crippen LogP contribution in [0.25, 0.3) is 0 Å². The van der Waals surface area contributed by atoms with Crippen LogP contribution >= 0.6 is 0 Å². The zero-order valence-corrected chi connectivity index (χ0v) is 5.04. The van der Waals surface area contributed by atoms with Crippen LogP contribution in [-0.4, -0.2) is 19.0 Å². The maximum atomic E-state index is 11.9. The highest BCUT2D eigenvalue weighted by Gasteiger charge is 2.18. The van der Waals surface area contributed by atoms with Gasteiger partial charge in [-0.1, -0.05) is 0 Å². The molecule has 0 aromatic carbocycles. The van der Waals surface area contributed by atoms with Crippen molar-refractivity contribution in [3.05, 3.63) is 0 Å². The van der Waals surface area contributed by atoms with E-state index in [0.29, 0.717) is 0 Å². The van der Waals surface area contributed by atoms with E-state index in [1.165, 1.54) is 0 Å². The van der Waals surface area contributed by atoms with E-state index in [4.69, 9.17) is 0 Å². The highest BCUT2D eigenvalue weighted by molar-refractivity contribution is 4.58. The fourth-order valence-electron chi connectivity index (χ4n) is 0.483. The highest BCUT2D eigenvalue weighted by Crippen LogP contribution is 2.14. The average molecular weight is 162 g/mol. The third kappa shape index (κ3) is 5.78. The van der Waals surface area contributed by atoms with Crippen molar-refractivity contribution < 1.29 is 22.0 Å². The highest BCUT2D eigenvalue weighted by atomic mass is 19.3. The first kappa shape index (κ1) is 9.65. The third-order valence-electron chi connectivity index (χ3n) is 0.868. The first-order chi connectivity index (χ1) is 4.52. The smallest absolute Gasteiger partial charge is 0.241 e. The van der Waals surface area contributed by atoms with Gasteiger partial charge in [-0.2, -0.15) is 0 Å². The van der Waals surface area contributed by atoms with E-state index < -0.39 is 31.9 Å². The maximum Gasteiger partial charge on any atom is 0.241 e. The summed E-state index contributed by atoms with van der Waals surface area (Å²) in [7, 11) is 0. The largest absolute Gasteiger partial charge is 0.247 e. The standard InChI is InChI=1S/C5H7F5/c6-3(1-4(7)8)2-5(9)10/h3-5H,1-2H2. The molecule has 0 heterocycles. The number of hydrogen-bond donors (Lipinski definition) is 0. The fourth-order valence-corrected chi connectivity index (χ4v) is 0.483. The minimum Gasteiger partial charge on any atom is -0.247 e. The molecule has 0 N–H and O–H groups in total. The second-order valence-corrected chi connectivity index (χ2v) is 1.85. The Morgan fingerprint density at radius 3 is 1.20 bits per heavy atom. The van der Waals surface area contributed by atoms with E-state index in [0.717, 1.165) is 0 Å². The summed E-state index contributed by atoms with van der Waals surface area (Å²) in [5.74, 6) is 0. The summed E-state index contributed by atoms with van der Waals surface area (Å²) in [5, 5.41) is 0. The van der Waals surface area contributed by atoms with Gasteiger partial charge in [0.15, 0.2) is 0 Å². The van der Waals surface area contributed by atoms with Gasteiger partial charge in [0.25, 0.3) is 0 Å². The van der Waals surface area contributed by atoms with Gasteiger partial charge in [-0.3, -0.25) is 0 Å². The number of halogens is 5. The molecule has 0 aliphatic carbocycles. The molecule has 0 unspecified atom stereocenters. The summed E-state index contributed by atoms with van der Waals surface area (Å²) in [5.41, 5.74) is 0. The number of hydrogen-bond acceptors (Lipinski definition) is 0. The van der Waals surface area contributed by atoms with Gasteiger partial charge >= 0.3 is 0 Å². The molecular formula is C5H7F5. The molecule has 10 heavy (non-hydrogen) atoms. The Kier molecular flexibility index (Phi) is 4.31. The fraction of sp³-hybridized carbons (Fsp3) is 1.00. The number of rotatable bonds is 4. The molecule has 0 aromatic rings. The number of alkyl halides is 5. The van der Waals surface area contributed by atoms with Gasteiger partial charge in [-0.05, 0) is 0 Å². The van der Waals surface area contributed by atoms with Crippen molar-refractivity contribution in [1.82, 2.24) is 0 Å². The third-order valence-corrected chi connectivity index (χ3v) is 0.868. The minimum absolute atomic E-state index is 1.09. The van der Waals surface area contributed by atoms with Crippen molar-refractivity contribution in [1.29, 1.82) is 0 Å². The minimum atomic E-state index is -2.84. The van der Waals surface area contributed by atoms with Crippen LogP contribution in [0.5, 0.6) is 0 Å². The molecule has 0 saturated carbocycles. The zero-order valence-electron chi connectivity index (χ0n) is 5.04. The Balaban J connectivity index is 3.34. The average Bonchev–Trinajstić information content (AvgIpc) is 1.58. The van der Waals surface area contributed by atoms with Gasteiger partial charge in [0.05, 0.1) is 0 Å². The first-order valence-corrected chi connectivity index (χ1v) is 2.72. The quantitative estimate of drug-likeness (QED) is 0.557. The Labute approximate surface area is 55.0 Å². The molecule has 0 atom stereocenters. The normalized spacial score (nSPS) is 12.0. The van der Waals surface area contributed by atoms with Crippen molar-refractivity contribution in [3.63, 3.8) is 0 Å². The molecule has 0 aliphatic heterocycles. The van der Waals surface area contributed by atoms with E-state index in [1.807, 2.05) is 0 Å².